The molecule has 3 unspecified atom stereocenters. The molecular formula is C34H55N5O14. The molecule has 4 rings (SSSR count). The van der Waals surface area contributed by atoms with Gasteiger partial charge in [-0.1, -0.05) is 24.6 Å². The number of likely N-dealkylation sites (tertiary alicyclic amines) is 1. The number of aliphatic hydroxyl groups is 6. The van der Waals surface area contributed by atoms with Gasteiger partial charge in [0, 0.05) is 32.6 Å². The number of esters is 1. The van der Waals surface area contributed by atoms with Crippen LogP contribution in [0.2, 0.25) is 0 Å². The highest BCUT2D eigenvalue weighted by atomic mass is 16.8. The third-order valence-electron chi connectivity index (χ3n) is 10.2. The number of carbonyl (C=O) groups is 2. The number of carboxylic acid groups (broad SMARTS) is 1. The molecule has 0 bridgehead atoms. The number of β-amino-alcohol motifs (C(OH)–C–C–N with tert-alkyl or cyclic N) is 1. The van der Waals surface area contributed by atoms with Crippen molar-refractivity contribution in [2.24, 2.45) is 28.5 Å². The van der Waals surface area contributed by atoms with Gasteiger partial charge in [-0.3, -0.25) is 20.0 Å². The van der Waals surface area contributed by atoms with E-state index in [-0.39, 0.29) is 44.5 Å². The summed E-state index contributed by atoms with van der Waals surface area (Å²) in [4.78, 5) is 32.0. The molecule has 10 atom stereocenters. The van der Waals surface area contributed by atoms with Crippen LogP contribution in [0.15, 0.2) is 41.6 Å². The number of rotatable bonds is 15. The number of aliphatic hydroxyl groups excluding tert-OH is 3. The molecule has 1 saturated carbocycles. The maximum absolute atomic E-state index is 13.8. The molecule has 1 aliphatic carbocycles. The largest absolute Gasteiger partial charge is 0.481 e. The predicted octanol–water partition coefficient (Wildman–Crippen LogP) is -2.94. The van der Waals surface area contributed by atoms with Crippen LogP contribution in [0.3, 0.4) is 0 Å². The van der Waals surface area contributed by atoms with Gasteiger partial charge in [-0.15, -0.1) is 6.58 Å². The van der Waals surface area contributed by atoms with Gasteiger partial charge in [-0.2, -0.15) is 0 Å². The molecule has 11 N–H and O–H groups in total. The highest BCUT2D eigenvalue weighted by Gasteiger charge is 2.58. The summed E-state index contributed by atoms with van der Waals surface area (Å²) in [6.07, 6.45) is -0.00511. The minimum absolute atomic E-state index is 0.0215. The van der Waals surface area contributed by atoms with Crippen LogP contribution < -0.4 is 16.4 Å². The highest BCUT2D eigenvalue weighted by Crippen LogP contribution is 2.41. The summed E-state index contributed by atoms with van der Waals surface area (Å²) in [7, 11) is 2.95. The van der Waals surface area contributed by atoms with E-state index in [0.717, 1.165) is 25.5 Å². The van der Waals surface area contributed by atoms with Crippen molar-refractivity contribution >= 4 is 17.9 Å². The SMILES string of the molecule is C=C[C@H]1[C@@H](O[C@@H]2O[C@H](CO)[C@@H](O)C(O)(O)[C@@H]2OCNC)OC=C(C(=O)OC2CCCCC2)[C@@]1(O)C=CC1CN(CCO)CC(C(=O)O)C1NC(N)=NC. The molecular weight excluding hydrogens is 702 g/mol. The second-order valence-corrected chi connectivity index (χ2v) is 13.7. The summed E-state index contributed by atoms with van der Waals surface area (Å²) in [6, 6.07) is -0.841. The maximum atomic E-state index is 13.8. The summed E-state index contributed by atoms with van der Waals surface area (Å²) < 4.78 is 28.9. The average molecular weight is 758 g/mol. The van der Waals surface area contributed by atoms with E-state index in [0.29, 0.717) is 12.8 Å². The zero-order chi connectivity index (χ0) is 38.9. The number of hydrogen-bond donors (Lipinski definition) is 10. The number of hydrogen-bond acceptors (Lipinski definition) is 16. The van der Waals surface area contributed by atoms with Crippen molar-refractivity contribution in [2.45, 2.75) is 86.5 Å². The van der Waals surface area contributed by atoms with Crippen molar-refractivity contribution < 1.29 is 69.0 Å². The molecule has 3 fully saturated rings. The molecule has 0 spiro atoms. The van der Waals surface area contributed by atoms with Gasteiger partial charge >= 0.3 is 11.9 Å². The van der Waals surface area contributed by atoms with E-state index in [1.807, 2.05) is 0 Å². The van der Waals surface area contributed by atoms with Crippen LogP contribution >= 0.6 is 0 Å². The van der Waals surface area contributed by atoms with Crippen molar-refractivity contribution in [2.75, 3.05) is 53.7 Å². The molecule has 0 amide bonds. The quantitative estimate of drug-likeness (QED) is 0.0263. The van der Waals surface area contributed by atoms with Crippen molar-refractivity contribution in [1.82, 2.24) is 15.5 Å². The van der Waals surface area contributed by atoms with E-state index in [2.05, 4.69) is 22.2 Å². The van der Waals surface area contributed by atoms with Crippen molar-refractivity contribution in [3.63, 3.8) is 0 Å². The molecule has 0 aromatic heterocycles. The number of nitrogens with zero attached hydrogens (tertiary/aromatic N) is 2. The normalized spacial score (nSPS) is 35.7. The molecule has 0 radical (unpaired) electrons. The lowest BCUT2D eigenvalue weighted by molar-refractivity contribution is -0.412. The number of nitrogens with two attached hydrogens (primary N) is 1. The second kappa shape index (κ2) is 18.9. The molecule has 300 valence electrons. The minimum Gasteiger partial charge on any atom is -0.481 e. The summed E-state index contributed by atoms with van der Waals surface area (Å²) in [6.45, 7) is 2.99. The summed E-state index contributed by atoms with van der Waals surface area (Å²) >= 11 is 0. The lowest BCUT2D eigenvalue weighted by Crippen LogP contribution is -2.69. The van der Waals surface area contributed by atoms with Gasteiger partial charge in [0.2, 0.25) is 12.1 Å². The minimum atomic E-state index is -2.99. The van der Waals surface area contributed by atoms with Gasteiger partial charge in [0.15, 0.2) is 18.4 Å². The molecule has 0 aromatic carbocycles. The van der Waals surface area contributed by atoms with E-state index in [1.54, 1.807) is 4.90 Å². The van der Waals surface area contributed by atoms with E-state index in [9.17, 15) is 45.3 Å². The third-order valence-corrected chi connectivity index (χ3v) is 10.2. The molecule has 3 aliphatic heterocycles. The first-order chi connectivity index (χ1) is 25.2. The van der Waals surface area contributed by atoms with Crippen LogP contribution in [0.25, 0.3) is 0 Å². The van der Waals surface area contributed by atoms with Crippen molar-refractivity contribution in [3.8, 4) is 0 Å². The zero-order valence-electron chi connectivity index (χ0n) is 30.0. The first-order valence-electron chi connectivity index (χ1n) is 17.7. The number of guanidine groups is 1. The standard InChI is InChI=1S/C34H55N5O14/c1-4-22-30(53-31-27(50-18-36-2)34(47,48)26(42)24(16-41)52-31)49-17-23(29(45)51-20-8-6-5-7-9-20)33(22,46)11-10-19-14-39(12-13-40)15-21(28(43)44)25(19)38-32(35)37-3/h4,10-11,17,19-22,24-27,30-31,36,40-42,46-48H,1,5-9,12-16,18H2,2-3H3,(H,43,44)(H3,35,37,38)/t19?,21?,22-,24+,25?,26+,27+,30+,31-,33+/m0/s1. The number of ether oxygens (including phenoxy) is 5. The van der Waals surface area contributed by atoms with Crippen LogP contribution in [-0.2, 0) is 33.3 Å². The Labute approximate surface area is 307 Å². The van der Waals surface area contributed by atoms with E-state index in [1.165, 1.54) is 32.3 Å². The van der Waals surface area contributed by atoms with Crippen LogP contribution in [0.1, 0.15) is 32.1 Å². The Hall–Kier alpha value is -3.21. The van der Waals surface area contributed by atoms with Gasteiger partial charge < -0.3 is 70.5 Å². The van der Waals surface area contributed by atoms with Crippen LogP contribution in [0.4, 0.5) is 0 Å². The van der Waals surface area contributed by atoms with Crippen LogP contribution in [0, 0.1) is 17.8 Å². The number of carbonyl (C=O) groups excluding carboxylic acids is 1. The van der Waals surface area contributed by atoms with Gasteiger partial charge in [0.05, 0.1) is 37.8 Å². The Morgan fingerprint density at radius 3 is 2.49 bits per heavy atom. The Morgan fingerprint density at radius 2 is 1.89 bits per heavy atom. The fourth-order valence-corrected chi connectivity index (χ4v) is 7.26. The molecule has 53 heavy (non-hydrogen) atoms. The van der Waals surface area contributed by atoms with E-state index in [4.69, 9.17) is 29.4 Å². The average Bonchev–Trinajstić information content (AvgIpc) is 3.13. The number of nitrogens with one attached hydrogen (secondary N) is 2. The lowest BCUT2D eigenvalue weighted by Gasteiger charge is -2.48. The molecule has 19 nitrogen and oxygen atoms in total. The summed E-state index contributed by atoms with van der Waals surface area (Å²) in [5, 5.41) is 80.2. The molecule has 0 aromatic rings. The fraction of sp³-hybridized carbons (Fsp3) is 0.735. The number of aliphatic imine (C=N–C) groups is 1. The number of carboxylic acids is 1. The predicted molar refractivity (Wildman–Crippen MR) is 185 cm³/mol. The summed E-state index contributed by atoms with van der Waals surface area (Å²) in [5.74, 6) is -8.09. The third kappa shape index (κ3) is 9.73. The molecule has 19 heteroatoms. The Bertz CT molecular complexity index is 1340. The Kier molecular flexibility index (Phi) is 15.2. The van der Waals surface area contributed by atoms with Gasteiger partial charge in [-0.25, -0.2) is 4.79 Å². The van der Waals surface area contributed by atoms with Gasteiger partial charge in [0.1, 0.15) is 35.7 Å². The van der Waals surface area contributed by atoms with E-state index >= 15 is 0 Å². The zero-order valence-corrected chi connectivity index (χ0v) is 30.0. The molecule has 3 heterocycles. The molecule has 2 saturated heterocycles. The first kappa shape index (κ1) is 42.5. The van der Waals surface area contributed by atoms with E-state index < -0.39 is 90.7 Å². The van der Waals surface area contributed by atoms with Crippen molar-refractivity contribution in [1.29, 1.82) is 0 Å². The van der Waals surface area contributed by atoms with Crippen LogP contribution in [-0.4, -0.2) is 167 Å². The smallest absolute Gasteiger partial charge is 0.340 e. The first-order valence-corrected chi connectivity index (χ1v) is 17.7. The fourth-order valence-electron chi connectivity index (χ4n) is 7.26. The van der Waals surface area contributed by atoms with Gasteiger partial charge in [0.25, 0.3) is 0 Å². The van der Waals surface area contributed by atoms with Gasteiger partial charge in [-0.05, 0) is 32.7 Å². The Morgan fingerprint density at radius 1 is 1.17 bits per heavy atom. The second-order valence-electron chi connectivity index (χ2n) is 13.7. The number of piperidine rings is 1. The molecule has 4 aliphatic rings. The maximum Gasteiger partial charge on any atom is 0.340 e. The monoisotopic (exact) mass is 757 g/mol. The lowest BCUT2D eigenvalue weighted by atomic mass is 9.76. The Balaban J connectivity index is 1.76. The topological polar surface area (TPSA) is 288 Å². The highest BCUT2D eigenvalue weighted by molar-refractivity contribution is 5.91. The summed E-state index contributed by atoms with van der Waals surface area (Å²) in [5.41, 5.74) is 3.36. The van der Waals surface area contributed by atoms with Crippen molar-refractivity contribution in [3.05, 3.63) is 36.6 Å². The van der Waals surface area contributed by atoms with Crippen LogP contribution in [0.5, 0.6) is 0 Å². The number of aliphatic carboxylic acids is 1.